The summed E-state index contributed by atoms with van der Waals surface area (Å²) in [5.41, 5.74) is 5.99. The van der Waals surface area contributed by atoms with Gasteiger partial charge in [-0.25, -0.2) is 4.99 Å². The molecule has 0 radical (unpaired) electrons. The Morgan fingerprint density at radius 1 is 0.952 bits per heavy atom. The highest BCUT2D eigenvalue weighted by Gasteiger charge is 2.05. The number of thiazole rings is 1. The summed E-state index contributed by atoms with van der Waals surface area (Å²) < 4.78 is 2.15. The van der Waals surface area contributed by atoms with Gasteiger partial charge < -0.3 is 4.57 Å². The Morgan fingerprint density at radius 2 is 1.71 bits per heavy atom. The number of nitrogens with zero attached hydrogens (tertiary/aromatic N) is 2. The van der Waals surface area contributed by atoms with Crippen LogP contribution >= 0.6 is 11.3 Å². The van der Waals surface area contributed by atoms with Gasteiger partial charge in [0.2, 0.25) is 0 Å². The molecule has 0 bridgehead atoms. The van der Waals surface area contributed by atoms with Crippen molar-refractivity contribution in [1.82, 2.24) is 4.57 Å². The molecule has 1 heterocycles. The number of rotatable bonds is 2. The van der Waals surface area contributed by atoms with Gasteiger partial charge in [-0.05, 0) is 36.6 Å². The van der Waals surface area contributed by atoms with Crippen LogP contribution in [0, 0.1) is 13.8 Å². The maximum Gasteiger partial charge on any atom is 0.190 e. The van der Waals surface area contributed by atoms with Crippen molar-refractivity contribution in [3.8, 4) is 11.3 Å². The maximum atomic E-state index is 4.83. The molecule has 3 aromatic rings. The minimum absolute atomic E-state index is 1.02. The van der Waals surface area contributed by atoms with Crippen LogP contribution < -0.4 is 4.80 Å². The van der Waals surface area contributed by atoms with Gasteiger partial charge in [0.15, 0.2) is 4.80 Å². The first kappa shape index (κ1) is 13.8. The molecular weight excluding hydrogens is 276 g/mol. The molecule has 3 rings (SSSR count). The second-order valence-corrected chi connectivity index (χ2v) is 6.00. The standard InChI is InChI=1S/C18H18N2S/c1-13-8-7-11-16(14(13)2)19-18-20(3)17(12-21-18)15-9-5-4-6-10-15/h4-12H,1-3H3. The highest BCUT2D eigenvalue weighted by molar-refractivity contribution is 7.07. The minimum Gasteiger partial charge on any atom is -0.320 e. The number of aromatic nitrogens is 1. The van der Waals surface area contributed by atoms with Gasteiger partial charge in [-0.3, -0.25) is 0 Å². The molecule has 0 aliphatic carbocycles. The van der Waals surface area contributed by atoms with Gasteiger partial charge in [-0.2, -0.15) is 0 Å². The van der Waals surface area contributed by atoms with Gasteiger partial charge in [0.1, 0.15) is 0 Å². The van der Waals surface area contributed by atoms with Crippen molar-refractivity contribution in [2.45, 2.75) is 13.8 Å². The molecule has 2 aromatic carbocycles. The third kappa shape index (κ3) is 2.69. The van der Waals surface area contributed by atoms with Crippen molar-refractivity contribution in [2.24, 2.45) is 12.0 Å². The number of benzene rings is 2. The zero-order chi connectivity index (χ0) is 14.8. The molecule has 0 saturated heterocycles. The van der Waals surface area contributed by atoms with Crippen molar-refractivity contribution in [2.75, 3.05) is 0 Å². The summed E-state index contributed by atoms with van der Waals surface area (Å²) in [6.45, 7) is 4.25. The van der Waals surface area contributed by atoms with Gasteiger partial charge >= 0.3 is 0 Å². The molecule has 0 N–H and O–H groups in total. The van der Waals surface area contributed by atoms with Gasteiger partial charge in [0, 0.05) is 12.4 Å². The van der Waals surface area contributed by atoms with Crippen LogP contribution in [0.4, 0.5) is 5.69 Å². The SMILES string of the molecule is Cc1cccc(N=c2scc(-c3ccccc3)n2C)c1C. The zero-order valence-corrected chi connectivity index (χ0v) is 13.3. The number of hydrogen-bond donors (Lipinski definition) is 0. The van der Waals surface area contributed by atoms with Crippen LogP contribution in [0.15, 0.2) is 58.9 Å². The highest BCUT2D eigenvalue weighted by Crippen LogP contribution is 2.22. The molecule has 0 atom stereocenters. The molecule has 0 saturated carbocycles. The van der Waals surface area contributed by atoms with E-state index in [4.69, 9.17) is 4.99 Å². The molecular formula is C18H18N2S. The largest absolute Gasteiger partial charge is 0.320 e. The van der Waals surface area contributed by atoms with E-state index in [1.165, 1.54) is 22.4 Å². The predicted octanol–water partition coefficient (Wildman–Crippen LogP) is 4.60. The smallest absolute Gasteiger partial charge is 0.190 e. The molecule has 0 aliphatic rings. The fraction of sp³-hybridized carbons (Fsp3) is 0.167. The van der Waals surface area contributed by atoms with E-state index in [0.717, 1.165) is 10.5 Å². The average molecular weight is 294 g/mol. The molecule has 0 spiro atoms. The summed E-state index contributed by atoms with van der Waals surface area (Å²) in [7, 11) is 2.07. The predicted molar refractivity (Wildman–Crippen MR) is 89.9 cm³/mol. The molecule has 3 heteroatoms. The Labute approximate surface area is 129 Å². The summed E-state index contributed by atoms with van der Waals surface area (Å²) in [6, 6.07) is 16.7. The Hall–Kier alpha value is -2.13. The zero-order valence-electron chi connectivity index (χ0n) is 12.5. The molecule has 0 amide bonds. The third-order valence-electron chi connectivity index (χ3n) is 3.79. The lowest BCUT2D eigenvalue weighted by Gasteiger charge is -2.04. The van der Waals surface area contributed by atoms with Crippen molar-refractivity contribution < 1.29 is 0 Å². The summed E-state index contributed by atoms with van der Waals surface area (Å²) in [4.78, 5) is 5.84. The maximum absolute atomic E-state index is 4.83. The van der Waals surface area contributed by atoms with E-state index < -0.39 is 0 Å². The van der Waals surface area contributed by atoms with E-state index in [1.54, 1.807) is 11.3 Å². The molecule has 0 unspecified atom stereocenters. The first-order chi connectivity index (χ1) is 10.2. The van der Waals surface area contributed by atoms with Crippen LogP contribution in [0.3, 0.4) is 0 Å². The summed E-state index contributed by atoms with van der Waals surface area (Å²) in [5.74, 6) is 0. The molecule has 2 nitrogen and oxygen atoms in total. The molecule has 106 valence electrons. The highest BCUT2D eigenvalue weighted by atomic mass is 32.1. The van der Waals surface area contributed by atoms with E-state index in [9.17, 15) is 0 Å². The number of aryl methyl sites for hydroxylation is 1. The van der Waals surface area contributed by atoms with Gasteiger partial charge in [0.25, 0.3) is 0 Å². The Bertz CT molecular complexity index is 826. The number of hydrogen-bond acceptors (Lipinski definition) is 2. The lowest BCUT2D eigenvalue weighted by molar-refractivity contribution is 0.882. The molecule has 1 aromatic heterocycles. The van der Waals surface area contributed by atoms with Crippen LogP contribution in [-0.4, -0.2) is 4.57 Å². The Morgan fingerprint density at radius 3 is 2.48 bits per heavy atom. The van der Waals surface area contributed by atoms with E-state index in [-0.39, 0.29) is 0 Å². The van der Waals surface area contributed by atoms with E-state index in [2.05, 4.69) is 73.3 Å². The fourth-order valence-corrected chi connectivity index (χ4v) is 3.22. The summed E-state index contributed by atoms with van der Waals surface area (Å²) >= 11 is 1.68. The van der Waals surface area contributed by atoms with Crippen LogP contribution in [0.5, 0.6) is 0 Å². The lowest BCUT2D eigenvalue weighted by atomic mass is 10.1. The third-order valence-corrected chi connectivity index (χ3v) is 4.70. The van der Waals surface area contributed by atoms with Gasteiger partial charge in [0.05, 0.1) is 11.4 Å². The van der Waals surface area contributed by atoms with Crippen molar-refractivity contribution in [3.05, 3.63) is 69.8 Å². The lowest BCUT2D eigenvalue weighted by Crippen LogP contribution is -2.11. The Balaban J connectivity index is 2.11. The van der Waals surface area contributed by atoms with E-state index in [1.807, 2.05) is 6.07 Å². The monoisotopic (exact) mass is 294 g/mol. The van der Waals surface area contributed by atoms with Crippen LogP contribution in [-0.2, 0) is 7.05 Å². The first-order valence-corrected chi connectivity index (χ1v) is 7.85. The Kier molecular flexibility index (Phi) is 3.76. The topological polar surface area (TPSA) is 17.3 Å². The van der Waals surface area contributed by atoms with Crippen LogP contribution in [0.25, 0.3) is 11.3 Å². The van der Waals surface area contributed by atoms with Crippen LogP contribution in [0.1, 0.15) is 11.1 Å². The van der Waals surface area contributed by atoms with E-state index >= 15 is 0 Å². The average Bonchev–Trinajstić information content (AvgIpc) is 2.86. The van der Waals surface area contributed by atoms with Crippen LogP contribution in [0.2, 0.25) is 0 Å². The van der Waals surface area contributed by atoms with Gasteiger partial charge in [-0.1, -0.05) is 42.5 Å². The van der Waals surface area contributed by atoms with Crippen molar-refractivity contribution in [1.29, 1.82) is 0 Å². The normalized spacial score (nSPS) is 11.9. The second kappa shape index (κ2) is 5.70. The molecule has 0 aliphatic heterocycles. The molecule has 21 heavy (non-hydrogen) atoms. The first-order valence-electron chi connectivity index (χ1n) is 6.97. The summed E-state index contributed by atoms with van der Waals surface area (Å²) in [5, 5.41) is 2.17. The van der Waals surface area contributed by atoms with E-state index in [0.29, 0.717) is 0 Å². The van der Waals surface area contributed by atoms with Crippen molar-refractivity contribution in [3.63, 3.8) is 0 Å². The quantitative estimate of drug-likeness (QED) is 0.657. The van der Waals surface area contributed by atoms with Gasteiger partial charge in [-0.15, -0.1) is 11.3 Å². The molecule has 0 fully saturated rings. The van der Waals surface area contributed by atoms with Crippen molar-refractivity contribution >= 4 is 17.0 Å². The second-order valence-electron chi connectivity index (χ2n) is 5.16. The minimum atomic E-state index is 1.02. The fourth-order valence-electron chi connectivity index (χ4n) is 2.30. The summed E-state index contributed by atoms with van der Waals surface area (Å²) in [6.07, 6.45) is 0.